The molecule has 0 saturated carbocycles. The maximum atomic E-state index is 12.3. The molecule has 4 aromatic carbocycles. The van der Waals surface area contributed by atoms with Gasteiger partial charge in [-0.25, -0.2) is 4.98 Å². The predicted octanol–water partition coefficient (Wildman–Crippen LogP) is 6.31. The maximum absolute atomic E-state index is 12.3. The van der Waals surface area contributed by atoms with Crippen LogP contribution in [0.5, 0.6) is 0 Å². The molecule has 3 unspecified atom stereocenters. The van der Waals surface area contributed by atoms with Crippen LogP contribution >= 0.6 is 0 Å². The van der Waals surface area contributed by atoms with E-state index in [0.29, 0.717) is 25.9 Å². The van der Waals surface area contributed by atoms with Crippen molar-refractivity contribution in [1.29, 1.82) is 0 Å². The van der Waals surface area contributed by atoms with Gasteiger partial charge in [-0.3, -0.25) is 9.59 Å². The van der Waals surface area contributed by atoms with E-state index >= 15 is 0 Å². The van der Waals surface area contributed by atoms with Crippen molar-refractivity contribution in [3.05, 3.63) is 126 Å². The molecule has 1 aromatic heterocycles. The fraction of sp³-hybridized carbons (Fsp3) is 0.270. The van der Waals surface area contributed by atoms with Crippen molar-refractivity contribution in [2.75, 3.05) is 0 Å². The van der Waals surface area contributed by atoms with Crippen molar-refractivity contribution in [1.82, 2.24) is 14.9 Å². The Balaban J connectivity index is 1.20. The number of ether oxygens (including phenoxy) is 2. The van der Waals surface area contributed by atoms with Gasteiger partial charge in [0.15, 0.2) is 6.29 Å². The van der Waals surface area contributed by atoms with Crippen LogP contribution in [0.25, 0.3) is 22.2 Å². The van der Waals surface area contributed by atoms with E-state index in [9.17, 15) is 14.7 Å². The molecule has 0 spiro atoms. The lowest BCUT2D eigenvalue weighted by Crippen LogP contribution is -2.32. The monoisotopic (exact) mass is 619 g/mol. The normalized spacial score (nSPS) is 18.0. The molecule has 1 fully saturated rings. The largest absolute Gasteiger partial charge is 0.481 e. The number of fused-ring (bicyclic) bond motifs is 1. The Morgan fingerprint density at radius 1 is 0.870 bits per heavy atom. The van der Waals surface area contributed by atoms with Gasteiger partial charge in [0.25, 0.3) is 0 Å². The number of amides is 1. The van der Waals surface area contributed by atoms with Gasteiger partial charge in [0.2, 0.25) is 5.91 Å². The first kappa shape index (κ1) is 31.2. The number of hydrogen-bond donors (Lipinski definition) is 3. The molecular formula is C37H37N3O6. The number of para-hydroxylation sites is 2. The van der Waals surface area contributed by atoms with E-state index in [2.05, 4.69) is 20.9 Å². The quantitative estimate of drug-likeness (QED) is 0.150. The summed E-state index contributed by atoms with van der Waals surface area (Å²) in [6.07, 6.45) is 2.04. The molecule has 1 aliphatic heterocycles. The van der Waals surface area contributed by atoms with Crippen molar-refractivity contribution in [2.24, 2.45) is 0 Å². The zero-order valence-electron chi connectivity index (χ0n) is 25.4. The number of hydrogen-bond acceptors (Lipinski definition) is 6. The zero-order chi connectivity index (χ0) is 31.9. The number of aliphatic hydroxyl groups excluding tert-OH is 1. The Bertz CT molecular complexity index is 1780. The molecule has 9 heteroatoms. The van der Waals surface area contributed by atoms with E-state index < -0.39 is 12.3 Å². The van der Waals surface area contributed by atoms with Gasteiger partial charge in [0.1, 0.15) is 0 Å². The maximum Gasteiger partial charge on any atom is 0.303 e. The molecule has 1 aliphatic rings. The molecule has 1 amide bonds. The molecule has 0 bridgehead atoms. The molecule has 3 N–H and O–H groups in total. The first-order valence-corrected chi connectivity index (χ1v) is 15.5. The molecule has 6 rings (SSSR count). The van der Waals surface area contributed by atoms with Crippen LogP contribution in [0.15, 0.2) is 103 Å². The van der Waals surface area contributed by atoms with Crippen molar-refractivity contribution >= 4 is 22.9 Å². The molecule has 5 aromatic rings. The van der Waals surface area contributed by atoms with Gasteiger partial charge < -0.3 is 29.6 Å². The number of aliphatic carboxylic acids is 1. The summed E-state index contributed by atoms with van der Waals surface area (Å²) >= 11 is 0. The fourth-order valence-electron chi connectivity index (χ4n) is 5.87. The lowest BCUT2D eigenvalue weighted by molar-refractivity contribution is -0.252. The van der Waals surface area contributed by atoms with E-state index in [1.165, 1.54) is 0 Å². The first-order chi connectivity index (χ1) is 22.5. The summed E-state index contributed by atoms with van der Waals surface area (Å²) in [4.78, 5) is 27.6. The van der Waals surface area contributed by atoms with Gasteiger partial charge in [-0.05, 0) is 46.4 Å². The van der Waals surface area contributed by atoms with Gasteiger partial charge in [0, 0.05) is 31.4 Å². The van der Waals surface area contributed by atoms with E-state index in [0.717, 1.165) is 44.4 Å². The van der Waals surface area contributed by atoms with Crippen LogP contribution in [-0.2, 0) is 38.8 Å². The molecule has 236 valence electrons. The number of rotatable bonds is 12. The number of imidazole rings is 1. The van der Waals surface area contributed by atoms with Gasteiger partial charge in [-0.1, -0.05) is 84.9 Å². The lowest BCUT2D eigenvalue weighted by atomic mass is 9.97. The van der Waals surface area contributed by atoms with Crippen molar-refractivity contribution in [3.8, 4) is 11.1 Å². The highest BCUT2D eigenvalue weighted by molar-refractivity contribution is 5.77. The second-order valence-corrected chi connectivity index (χ2v) is 11.5. The zero-order valence-corrected chi connectivity index (χ0v) is 25.4. The molecule has 3 atom stereocenters. The minimum atomic E-state index is -0.903. The summed E-state index contributed by atoms with van der Waals surface area (Å²) in [7, 11) is 0. The summed E-state index contributed by atoms with van der Waals surface area (Å²) in [6, 6.07) is 31.9. The fourth-order valence-corrected chi connectivity index (χ4v) is 5.87. The van der Waals surface area contributed by atoms with Crippen LogP contribution in [0.4, 0.5) is 0 Å². The molecule has 2 heterocycles. The minimum Gasteiger partial charge on any atom is -0.481 e. The Labute approximate surface area is 267 Å². The number of carbonyl (C=O) groups excluding carboxylic acids is 1. The van der Waals surface area contributed by atoms with Crippen LogP contribution < -0.4 is 5.32 Å². The molecule has 46 heavy (non-hydrogen) atoms. The van der Waals surface area contributed by atoms with Crippen LogP contribution in [0, 0.1) is 0 Å². The topological polar surface area (TPSA) is 123 Å². The number of nitrogens with one attached hydrogen (secondary N) is 1. The van der Waals surface area contributed by atoms with Gasteiger partial charge in [-0.2, -0.15) is 0 Å². The summed E-state index contributed by atoms with van der Waals surface area (Å²) in [5.41, 5.74) is 7.72. The van der Waals surface area contributed by atoms with E-state index in [-0.39, 0.29) is 37.6 Å². The van der Waals surface area contributed by atoms with Gasteiger partial charge >= 0.3 is 5.97 Å². The SMILES string of the molecule is O=C(O)CCCC(=O)NCc1ccccc1-c1ccc(C2OC(Cn3cnc4ccccc43)CC(c3ccc(CO)cc3)O2)cc1. The first-order valence-electron chi connectivity index (χ1n) is 15.5. The second-order valence-electron chi connectivity index (χ2n) is 11.5. The third kappa shape index (κ3) is 7.51. The average Bonchev–Trinajstić information content (AvgIpc) is 3.49. The van der Waals surface area contributed by atoms with Gasteiger partial charge in [0.05, 0.1) is 42.7 Å². The minimum absolute atomic E-state index is 0.0114. The van der Waals surface area contributed by atoms with E-state index in [1.807, 2.05) is 97.3 Å². The Hall–Kier alpha value is -4.83. The summed E-state index contributed by atoms with van der Waals surface area (Å²) < 4.78 is 15.3. The van der Waals surface area contributed by atoms with Crippen molar-refractivity contribution < 1.29 is 29.3 Å². The number of aliphatic hydroxyl groups is 1. The average molecular weight is 620 g/mol. The smallest absolute Gasteiger partial charge is 0.303 e. The summed E-state index contributed by atoms with van der Waals surface area (Å²) in [6.45, 7) is 0.960. The lowest BCUT2D eigenvalue weighted by Gasteiger charge is -2.36. The third-order valence-corrected chi connectivity index (χ3v) is 8.32. The van der Waals surface area contributed by atoms with Crippen molar-refractivity contribution in [3.63, 3.8) is 0 Å². The van der Waals surface area contributed by atoms with E-state index in [1.54, 1.807) is 0 Å². The number of carboxylic acids is 1. The second kappa shape index (κ2) is 14.5. The number of benzene rings is 4. The standard InChI is InChI=1S/C37H37N3O6/c41-23-25-12-14-27(15-13-25)34-20-30(22-40-24-39-32-8-3-4-9-33(32)40)45-37(46-34)28-18-16-26(17-19-28)31-7-2-1-6-29(31)21-38-35(42)10-5-11-36(43)44/h1-4,6-9,12-19,24,30,34,37,41H,5,10-11,20-23H2,(H,38,42)(H,43,44). The highest BCUT2D eigenvalue weighted by Crippen LogP contribution is 2.39. The number of nitrogens with zero attached hydrogens (tertiary/aromatic N) is 2. The predicted molar refractivity (Wildman–Crippen MR) is 173 cm³/mol. The van der Waals surface area contributed by atoms with Crippen molar-refractivity contribution in [2.45, 2.75) is 63.9 Å². The number of carbonyl (C=O) groups is 2. The molecule has 0 aliphatic carbocycles. The van der Waals surface area contributed by atoms with E-state index in [4.69, 9.17) is 14.6 Å². The van der Waals surface area contributed by atoms with Crippen LogP contribution in [-0.4, -0.2) is 37.7 Å². The van der Waals surface area contributed by atoms with Crippen LogP contribution in [0.2, 0.25) is 0 Å². The molecule has 0 radical (unpaired) electrons. The summed E-state index contributed by atoms with van der Waals surface area (Å²) in [5, 5.41) is 21.3. The molecular weight excluding hydrogens is 582 g/mol. The highest BCUT2D eigenvalue weighted by Gasteiger charge is 2.32. The number of aromatic nitrogens is 2. The Morgan fingerprint density at radius 3 is 2.39 bits per heavy atom. The molecule has 9 nitrogen and oxygen atoms in total. The number of carboxylic acid groups (broad SMARTS) is 1. The molecule has 1 saturated heterocycles. The van der Waals surface area contributed by atoms with Crippen LogP contribution in [0.1, 0.15) is 60.3 Å². The Morgan fingerprint density at radius 2 is 1.61 bits per heavy atom. The summed E-state index contributed by atoms with van der Waals surface area (Å²) in [5.74, 6) is -1.07. The van der Waals surface area contributed by atoms with Crippen LogP contribution in [0.3, 0.4) is 0 Å². The highest BCUT2D eigenvalue weighted by atomic mass is 16.7. The Kier molecular flexibility index (Phi) is 9.83. The third-order valence-electron chi connectivity index (χ3n) is 8.32. The van der Waals surface area contributed by atoms with Gasteiger partial charge in [-0.15, -0.1) is 0 Å².